The standard InChI is InChI=1S/C29H51N5O13/c1-27(2,3)46-25(38)33-14-9-10-16(43-24(31)37)42-22(14)45-20-15(34-26(39)47-28(4,5)6)11-13(30)19(17(20)35)44-23-18(36)21(32-8)29(7,40)12-41-23/h10,13-15,17-23,32,35-36,40H,9,11-12,30H2,1-8H3,(H2,31,37)(H,33,38)(H,34,39)/t13-,14-,15+,17-,18-,19+,20-,21-,22-,23-,29+/m1/s1. The van der Waals surface area contributed by atoms with Crippen LogP contribution in [0, 0.1) is 0 Å². The first-order valence-corrected chi connectivity index (χ1v) is 15.4. The van der Waals surface area contributed by atoms with Gasteiger partial charge in [0.15, 0.2) is 6.29 Å². The highest BCUT2D eigenvalue weighted by molar-refractivity contribution is 5.69. The Morgan fingerprint density at radius 1 is 0.936 bits per heavy atom. The average molecular weight is 678 g/mol. The van der Waals surface area contributed by atoms with Crippen molar-refractivity contribution in [3.05, 3.63) is 12.0 Å². The summed E-state index contributed by atoms with van der Waals surface area (Å²) < 4.78 is 39.2. The number of ether oxygens (including phenoxy) is 7. The van der Waals surface area contributed by atoms with Crippen LogP contribution in [0.2, 0.25) is 0 Å². The molecule has 2 fully saturated rings. The van der Waals surface area contributed by atoms with Gasteiger partial charge in [0.05, 0.1) is 24.7 Å². The van der Waals surface area contributed by atoms with Crippen LogP contribution in [-0.2, 0) is 33.2 Å². The maximum Gasteiger partial charge on any atom is 0.412 e. The third-order valence-electron chi connectivity index (χ3n) is 7.45. The number of nitrogens with two attached hydrogens (primary N) is 2. The highest BCUT2D eigenvalue weighted by Crippen LogP contribution is 2.32. The third kappa shape index (κ3) is 10.8. The van der Waals surface area contributed by atoms with E-state index in [2.05, 4.69) is 16.0 Å². The van der Waals surface area contributed by atoms with Crippen LogP contribution in [0.4, 0.5) is 14.4 Å². The van der Waals surface area contributed by atoms with E-state index in [9.17, 15) is 29.7 Å². The number of aliphatic hydroxyl groups is 3. The van der Waals surface area contributed by atoms with Crippen LogP contribution in [0.15, 0.2) is 12.0 Å². The van der Waals surface area contributed by atoms with Crippen molar-refractivity contribution in [2.75, 3.05) is 13.7 Å². The van der Waals surface area contributed by atoms with E-state index in [0.717, 1.165) is 0 Å². The van der Waals surface area contributed by atoms with Crippen LogP contribution >= 0.6 is 0 Å². The Hall–Kier alpha value is -2.97. The summed E-state index contributed by atoms with van der Waals surface area (Å²) in [5, 5.41) is 41.4. The number of carbonyl (C=O) groups is 3. The predicted molar refractivity (Wildman–Crippen MR) is 162 cm³/mol. The summed E-state index contributed by atoms with van der Waals surface area (Å²) >= 11 is 0. The molecule has 0 aromatic heterocycles. The number of carbonyl (C=O) groups excluding carboxylic acids is 3. The Balaban J connectivity index is 1.91. The minimum absolute atomic E-state index is 0.0202. The SMILES string of the molecule is CN[C@@H]1[C@@H](O)[C@@H](O[C@@H]2[C@@H](O)[C@H](O[C@H]3OC(OC(N)=O)=CC[C@H]3NC(=O)OC(C)(C)C)[C@@H](NC(=O)OC(C)(C)C)C[C@H]2N)OC[C@]1(C)O. The summed E-state index contributed by atoms with van der Waals surface area (Å²) in [6.07, 6.45) is -9.77. The van der Waals surface area contributed by atoms with Gasteiger partial charge in [-0.05, 0) is 74.4 Å². The van der Waals surface area contributed by atoms with Crippen LogP contribution in [0.3, 0.4) is 0 Å². The van der Waals surface area contributed by atoms with E-state index in [1.54, 1.807) is 48.6 Å². The summed E-state index contributed by atoms with van der Waals surface area (Å²) in [6, 6.07) is -3.74. The van der Waals surface area contributed by atoms with Gasteiger partial charge in [-0.15, -0.1) is 0 Å². The Labute approximate surface area is 273 Å². The number of hydrogen-bond acceptors (Lipinski definition) is 15. The molecule has 47 heavy (non-hydrogen) atoms. The maximum absolute atomic E-state index is 12.9. The summed E-state index contributed by atoms with van der Waals surface area (Å²) in [7, 11) is 1.55. The van der Waals surface area contributed by atoms with E-state index in [1.807, 2.05) is 0 Å². The molecule has 3 amide bonds. The van der Waals surface area contributed by atoms with Gasteiger partial charge < -0.3 is 75.9 Å². The molecule has 0 spiro atoms. The number of likely N-dealkylation sites (N-methyl/N-ethyl adjacent to an activating group) is 1. The molecule has 18 heteroatoms. The van der Waals surface area contributed by atoms with Gasteiger partial charge in [0.2, 0.25) is 6.29 Å². The van der Waals surface area contributed by atoms with Crippen molar-refractivity contribution in [1.29, 1.82) is 0 Å². The van der Waals surface area contributed by atoms with Crippen molar-refractivity contribution in [1.82, 2.24) is 16.0 Å². The molecule has 1 aliphatic carbocycles. The third-order valence-corrected chi connectivity index (χ3v) is 7.45. The first-order valence-electron chi connectivity index (χ1n) is 15.4. The normalized spacial score (nSPS) is 36.3. The van der Waals surface area contributed by atoms with Crippen LogP contribution in [-0.4, -0.2) is 125 Å². The van der Waals surface area contributed by atoms with Crippen LogP contribution in [0.5, 0.6) is 0 Å². The van der Waals surface area contributed by atoms with Gasteiger partial charge in [-0.2, -0.15) is 0 Å². The second-order valence-electron chi connectivity index (χ2n) is 14.1. The van der Waals surface area contributed by atoms with Gasteiger partial charge in [-0.1, -0.05) is 0 Å². The molecule has 18 nitrogen and oxygen atoms in total. The second kappa shape index (κ2) is 15.1. The van der Waals surface area contributed by atoms with Crippen molar-refractivity contribution in [3.63, 3.8) is 0 Å². The lowest BCUT2D eigenvalue weighted by Gasteiger charge is -2.48. The van der Waals surface area contributed by atoms with E-state index >= 15 is 0 Å². The summed E-state index contributed by atoms with van der Waals surface area (Å²) in [4.78, 5) is 37.0. The fourth-order valence-corrected chi connectivity index (χ4v) is 5.52. The zero-order chi connectivity index (χ0) is 35.5. The molecule has 3 aliphatic rings. The molecule has 0 unspecified atom stereocenters. The molecule has 0 bridgehead atoms. The lowest BCUT2D eigenvalue weighted by molar-refractivity contribution is -0.304. The largest absolute Gasteiger partial charge is 0.444 e. The number of aliphatic hydroxyl groups excluding tert-OH is 2. The zero-order valence-electron chi connectivity index (χ0n) is 28.1. The number of primary amides is 1. The molecule has 0 radical (unpaired) electrons. The average Bonchev–Trinajstić information content (AvgIpc) is 2.88. The molecule has 2 aliphatic heterocycles. The fraction of sp³-hybridized carbons (Fsp3) is 0.828. The molecule has 10 N–H and O–H groups in total. The Morgan fingerprint density at radius 3 is 2.02 bits per heavy atom. The molecular weight excluding hydrogens is 626 g/mol. The van der Waals surface area contributed by atoms with Crippen LogP contribution < -0.4 is 27.4 Å². The highest BCUT2D eigenvalue weighted by Gasteiger charge is 2.52. The molecule has 2 heterocycles. The first-order chi connectivity index (χ1) is 21.6. The van der Waals surface area contributed by atoms with E-state index in [-0.39, 0.29) is 25.4 Å². The minimum atomic E-state index is -1.61. The van der Waals surface area contributed by atoms with Gasteiger partial charge in [0.1, 0.15) is 41.2 Å². The molecule has 1 saturated carbocycles. The molecule has 3 rings (SSSR count). The molecule has 0 aromatic rings. The second-order valence-corrected chi connectivity index (χ2v) is 14.1. The topological polar surface area (TPSA) is 265 Å². The number of amides is 3. The first kappa shape index (κ1) is 38.5. The lowest BCUT2D eigenvalue weighted by atomic mass is 9.83. The van der Waals surface area contributed by atoms with E-state index in [1.165, 1.54) is 13.0 Å². The van der Waals surface area contributed by atoms with Crippen LogP contribution in [0.1, 0.15) is 61.3 Å². The Morgan fingerprint density at radius 2 is 1.49 bits per heavy atom. The van der Waals surface area contributed by atoms with Gasteiger partial charge in [-0.25, -0.2) is 14.4 Å². The Bertz CT molecular complexity index is 1140. The number of nitrogens with one attached hydrogen (secondary N) is 3. The van der Waals surface area contributed by atoms with E-state index < -0.39 is 96.2 Å². The lowest BCUT2D eigenvalue weighted by Crippen LogP contribution is -2.69. The van der Waals surface area contributed by atoms with Gasteiger partial charge in [-0.3, -0.25) is 0 Å². The molecule has 0 aromatic carbocycles. The molecule has 1 saturated heterocycles. The molecule has 11 atom stereocenters. The summed E-state index contributed by atoms with van der Waals surface area (Å²) in [5.74, 6) is -0.319. The summed E-state index contributed by atoms with van der Waals surface area (Å²) in [6.45, 7) is 11.3. The number of alkyl carbamates (subject to hydrolysis) is 2. The van der Waals surface area contributed by atoms with Gasteiger partial charge >= 0.3 is 18.3 Å². The minimum Gasteiger partial charge on any atom is -0.444 e. The van der Waals surface area contributed by atoms with Crippen molar-refractivity contribution in [3.8, 4) is 0 Å². The number of rotatable bonds is 8. The van der Waals surface area contributed by atoms with E-state index in [4.69, 9.17) is 44.6 Å². The van der Waals surface area contributed by atoms with Crippen molar-refractivity contribution in [2.24, 2.45) is 11.5 Å². The van der Waals surface area contributed by atoms with E-state index in [0.29, 0.717) is 0 Å². The maximum atomic E-state index is 12.9. The van der Waals surface area contributed by atoms with Crippen molar-refractivity contribution in [2.45, 2.75) is 139 Å². The Kier molecular flexibility index (Phi) is 12.3. The van der Waals surface area contributed by atoms with Crippen LogP contribution in [0.25, 0.3) is 0 Å². The monoisotopic (exact) mass is 677 g/mol. The smallest absolute Gasteiger partial charge is 0.412 e. The highest BCUT2D eigenvalue weighted by atomic mass is 16.8. The molecule has 270 valence electrons. The molecular formula is C29H51N5O13. The fourth-order valence-electron chi connectivity index (χ4n) is 5.52. The summed E-state index contributed by atoms with van der Waals surface area (Å²) in [5.41, 5.74) is 8.49. The van der Waals surface area contributed by atoms with Gasteiger partial charge in [0.25, 0.3) is 5.95 Å². The van der Waals surface area contributed by atoms with Crippen molar-refractivity contribution >= 4 is 18.3 Å². The quantitative estimate of drug-likeness (QED) is 0.149. The zero-order valence-corrected chi connectivity index (χ0v) is 28.1. The van der Waals surface area contributed by atoms with Crippen molar-refractivity contribution < 1.29 is 62.9 Å². The number of hydrogen-bond donors (Lipinski definition) is 8. The van der Waals surface area contributed by atoms with Gasteiger partial charge in [0, 0.05) is 6.04 Å². The predicted octanol–water partition coefficient (Wildman–Crippen LogP) is -0.625.